The number of rotatable bonds is 3. The Morgan fingerprint density at radius 3 is 2.38 bits per heavy atom. The van der Waals surface area contributed by atoms with Crippen molar-refractivity contribution < 1.29 is 24.5 Å². The lowest BCUT2D eigenvalue weighted by molar-refractivity contribution is 0.0693. The van der Waals surface area contributed by atoms with Crippen molar-refractivity contribution >= 4 is 29.0 Å². The van der Waals surface area contributed by atoms with Crippen LogP contribution in [0.4, 0.5) is 0 Å². The monoisotopic (exact) mass is 240 g/mol. The molecule has 0 amide bonds. The van der Waals surface area contributed by atoms with E-state index in [1.54, 1.807) is 0 Å². The average Bonchev–Trinajstić information content (AvgIpc) is 2.27. The molecule has 1 aromatic carbocycles. The highest BCUT2D eigenvalue weighted by Crippen LogP contribution is 2.23. The largest absolute Gasteiger partial charge is 0.506 e. The van der Waals surface area contributed by atoms with Crippen molar-refractivity contribution in [1.29, 1.82) is 0 Å². The summed E-state index contributed by atoms with van der Waals surface area (Å²) in [7, 11) is 1.22. The summed E-state index contributed by atoms with van der Waals surface area (Å²) in [6, 6.07) is 3.80. The molecule has 0 radical (unpaired) electrons. The zero-order valence-corrected chi connectivity index (χ0v) is 9.08. The first-order chi connectivity index (χ1) is 7.49. The minimum absolute atomic E-state index is 0.188. The quantitative estimate of drug-likeness (QED) is 0.611. The van der Waals surface area contributed by atoms with E-state index in [1.807, 2.05) is 0 Å². The van der Waals surface area contributed by atoms with E-state index in [1.165, 1.54) is 25.3 Å². The Kier molecular flexibility index (Phi) is 3.57. The minimum Gasteiger partial charge on any atom is -0.506 e. The summed E-state index contributed by atoms with van der Waals surface area (Å²) in [6.45, 7) is 0. The zero-order valence-electron chi connectivity index (χ0n) is 8.26. The summed E-state index contributed by atoms with van der Waals surface area (Å²) in [5, 5.41) is 18.0. The van der Waals surface area contributed by atoms with E-state index in [4.69, 9.17) is 5.11 Å². The van der Waals surface area contributed by atoms with Crippen molar-refractivity contribution in [2.45, 2.75) is 0 Å². The number of hydrogen-bond donors (Lipinski definition) is 2. The van der Waals surface area contributed by atoms with Crippen LogP contribution >= 0.6 is 12.2 Å². The average molecular weight is 240 g/mol. The Hall–Kier alpha value is -1.95. The van der Waals surface area contributed by atoms with Gasteiger partial charge in [0.15, 0.2) is 0 Å². The summed E-state index contributed by atoms with van der Waals surface area (Å²) < 4.78 is 4.55. The number of methoxy groups -OCH3 is 1. The molecule has 0 aromatic heterocycles. The third-order valence-corrected chi connectivity index (χ3v) is 2.23. The van der Waals surface area contributed by atoms with E-state index < -0.39 is 17.5 Å². The lowest BCUT2D eigenvalue weighted by Gasteiger charge is -2.06. The Labute approximate surface area is 96.3 Å². The van der Waals surface area contributed by atoms with E-state index in [0.29, 0.717) is 0 Å². The first kappa shape index (κ1) is 12.1. The maximum atomic E-state index is 11.6. The Morgan fingerprint density at radius 2 is 1.88 bits per heavy atom. The third kappa shape index (κ3) is 2.17. The summed E-state index contributed by atoms with van der Waals surface area (Å²) >= 11 is 4.60. The molecule has 0 spiro atoms. The molecule has 0 saturated heterocycles. The van der Waals surface area contributed by atoms with Crippen LogP contribution in [0.1, 0.15) is 20.7 Å². The van der Waals surface area contributed by atoms with Gasteiger partial charge in [-0.2, -0.15) is 0 Å². The summed E-state index contributed by atoms with van der Waals surface area (Å²) in [4.78, 5) is 22.3. The molecular formula is C10H8O5S. The van der Waals surface area contributed by atoms with Crippen molar-refractivity contribution in [3.8, 4) is 5.75 Å². The molecule has 0 saturated carbocycles. The summed E-state index contributed by atoms with van der Waals surface area (Å²) in [5.41, 5.74) is -0.545. The Bertz CT molecular complexity index is 466. The number of carbonyl (C=O) groups is 2. The number of benzene rings is 1. The van der Waals surface area contributed by atoms with Crippen LogP contribution < -0.4 is 0 Å². The van der Waals surface area contributed by atoms with Gasteiger partial charge in [-0.05, 0) is 24.4 Å². The number of Topliss-reactive ketones (excluding diaryl/α,β-unsaturated/α-hetero) is 1. The number of hydrogen-bond acceptors (Lipinski definition) is 5. The molecule has 16 heavy (non-hydrogen) atoms. The molecular weight excluding hydrogens is 232 g/mol. The van der Waals surface area contributed by atoms with Crippen LogP contribution in [0, 0.1) is 0 Å². The molecule has 1 rings (SSSR count). The lowest BCUT2D eigenvalue weighted by Crippen LogP contribution is -2.14. The second kappa shape index (κ2) is 4.71. The van der Waals surface area contributed by atoms with Crippen molar-refractivity contribution in [3.05, 3.63) is 29.3 Å². The van der Waals surface area contributed by atoms with Gasteiger partial charge in [-0.25, -0.2) is 4.79 Å². The predicted molar refractivity (Wildman–Crippen MR) is 59.0 cm³/mol. The lowest BCUT2D eigenvalue weighted by atomic mass is 10.1. The topological polar surface area (TPSA) is 83.8 Å². The van der Waals surface area contributed by atoms with Gasteiger partial charge in [-0.1, -0.05) is 6.07 Å². The molecule has 0 aliphatic heterocycles. The predicted octanol–water partition coefficient (Wildman–Crippen LogP) is 1.25. The van der Waals surface area contributed by atoms with Gasteiger partial charge in [-0.15, -0.1) is 0 Å². The highest BCUT2D eigenvalue weighted by molar-refractivity contribution is 7.81. The van der Waals surface area contributed by atoms with E-state index in [9.17, 15) is 14.7 Å². The third-order valence-electron chi connectivity index (χ3n) is 1.88. The van der Waals surface area contributed by atoms with Gasteiger partial charge in [0, 0.05) is 0 Å². The molecule has 6 heteroatoms. The Balaban J connectivity index is 3.26. The number of para-hydroxylation sites is 1. The molecule has 0 atom stereocenters. The number of aromatic carboxylic acids is 1. The van der Waals surface area contributed by atoms with Crippen LogP contribution in [0.5, 0.6) is 5.75 Å². The second-order valence-corrected chi connectivity index (χ2v) is 3.20. The number of carbonyl (C=O) groups excluding carboxylic acids is 1. The zero-order chi connectivity index (χ0) is 12.3. The first-order valence-corrected chi connectivity index (χ1v) is 4.57. The van der Waals surface area contributed by atoms with Gasteiger partial charge in [-0.3, -0.25) is 4.79 Å². The van der Waals surface area contributed by atoms with Crippen LogP contribution in [0.2, 0.25) is 0 Å². The van der Waals surface area contributed by atoms with E-state index >= 15 is 0 Å². The van der Waals surface area contributed by atoms with Gasteiger partial charge in [0.05, 0.1) is 12.7 Å². The molecule has 0 aliphatic rings. The van der Waals surface area contributed by atoms with Gasteiger partial charge in [0.2, 0.25) is 10.8 Å². The van der Waals surface area contributed by atoms with Gasteiger partial charge >= 0.3 is 5.97 Å². The molecule has 0 bridgehead atoms. The minimum atomic E-state index is -1.32. The molecule has 0 aliphatic carbocycles. The molecule has 0 unspecified atom stereocenters. The van der Waals surface area contributed by atoms with Crippen LogP contribution in [0.15, 0.2) is 18.2 Å². The Morgan fingerprint density at radius 1 is 1.31 bits per heavy atom. The van der Waals surface area contributed by atoms with Crippen molar-refractivity contribution in [1.82, 2.24) is 0 Å². The molecule has 0 fully saturated rings. The number of aromatic hydroxyl groups is 1. The van der Waals surface area contributed by atoms with Crippen molar-refractivity contribution in [3.63, 3.8) is 0 Å². The highest BCUT2D eigenvalue weighted by atomic mass is 32.1. The summed E-state index contributed by atoms with van der Waals surface area (Å²) in [6.07, 6.45) is 0. The first-order valence-electron chi connectivity index (χ1n) is 4.17. The molecule has 0 heterocycles. The maximum Gasteiger partial charge on any atom is 0.339 e. The molecule has 5 nitrogen and oxygen atoms in total. The summed E-state index contributed by atoms with van der Waals surface area (Å²) in [5.74, 6) is -2.66. The van der Waals surface area contributed by atoms with Crippen molar-refractivity contribution in [2.24, 2.45) is 0 Å². The molecule has 1 aromatic rings. The smallest absolute Gasteiger partial charge is 0.339 e. The maximum absolute atomic E-state index is 11.6. The fraction of sp³-hybridized carbons (Fsp3) is 0.100. The van der Waals surface area contributed by atoms with E-state index in [-0.39, 0.29) is 16.2 Å². The fourth-order valence-electron chi connectivity index (χ4n) is 1.10. The molecule has 84 valence electrons. The number of thiocarbonyl (C=S) groups is 1. The highest BCUT2D eigenvalue weighted by Gasteiger charge is 2.21. The number of carboxylic acid groups (broad SMARTS) is 1. The van der Waals surface area contributed by atoms with Crippen LogP contribution in [-0.2, 0) is 4.74 Å². The van der Waals surface area contributed by atoms with Crippen LogP contribution in [-0.4, -0.2) is 34.1 Å². The standard InChI is InChI=1S/C10H8O5S/c1-15-10(16)8(12)5-3-2-4-6(7(5)11)9(13)14/h2-4,11H,1H3,(H,13,14). The second-order valence-electron chi connectivity index (χ2n) is 2.83. The molecule has 2 N–H and O–H groups in total. The number of ketones is 1. The number of carboxylic acids is 1. The SMILES string of the molecule is COC(=S)C(=O)c1cccc(C(=O)O)c1O. The van der Waals surface area contributed by atoms with E-state index in [0.717, 1.165) is 0 Å². The van der Waals surface area contributed by atoms with Crippen molar-refractivity contribution in [2.75, 3.05) is 7.11 Å². The van der Waals surface area contributed by atoms with E-state index in [2.05, 4.69) is 17.0 Å². The number of ether oxygens (including phenoxy) is 1. The van der Waals surface area contributed by atoms with Crippen LogP contribution in [0.3, 0.4) is 0 Å². The van der Waals surface area contributed by atoms with Gasteiger partial charge < -0.3 is 14.9 Å². The van der Waals surface area contributed by atoms with Gasteiger partial charge in [0.1, 0.15) is 11.3 Å². The van der Waals surface area contributed by atoms with Gasteiger partial charge in [0.25, 0.3) is 0 Å². The number of phenols is 1. The fourth-order valence-corrected chi connectivity index (χ4v) is 1.21. The normalized spacial score (nSPS) is 9.56. The van der Waals surface area contributed by atoms with Crippen LogP contribution in [0.25, 0.3) is 0 Å².